The summed E-state index contributed by atoms with van der Waals surface area (Å²) in [4.78, 5) is 9.84. The number of nitrogens with two attached hydrogens (primary N) is 1. The third-order valence-electron chi connectivity index (χ3n) is 1.80. The van der Waals surface area contributed by atoms with Crippen molar-refractivity contribution < 1.29 is 18.0 Å². The second kappa shape index (κ2) is 4.65. The van der Waals surface area contributed by atoms with Crippen molar-refractivity contribution in [2.24, 2.45) is 5.73 Å². The van der Waals surface area contributed by atoms with Gasteiger partial charge in [-0.15, -0.1) is 0 Å². The molecule has 1 unspecified atom stereocenters. The number of hydrogen-bond acceptors (Lipinski definition) is 1. The number of carbonyl (C=O) groups excluding carboxylic acids is 1. The molecule has 0 saturated heterocycles. The van der Waals surface area contributed by atoms with Gasteiger partial charge in [-0.2, -0.15) is 0 Å². The van der Waals surface area contributed by atoms with Gasteiger partial charge in [0, 0.05) is 6.07 Å². The number of alkyl halides is 1. The normalized spacial score (nSPS) is 12.5. The van der Waals surface area contributed by atoms with Gasteiger partial charge in [0.25, 0.3) is 0 Å². The highest BCUT2D eigenvalue weighted by atomic mass is 79.9. The molecular formula is C9H7BrF3NO. The molecule has 0 bridgehead atoms. The lowest BCUT2D eigenvalue weighted by molar-refractivity contribution is -0.117. The van der Waals surface area contributed by atoms with Crippen molar-refractivity contribution in [3.8, 4) is 0 Å². The molecule has 0 fully saturated rings. The van der Waals surface area contributed by atoms with E-state index in [0.717, 1.165) is 0 Å². The van der Waals surface area contributed by atoms with E-state index in [-0.39, 0.29) is 12.0 Å². The van der Waals surface area contributed by atoms with E-state index >= 15 is 0 Å². The van der Waals surface area contributed by atoms with E-state index in [0.29, 0.717) is 12.1 Å². The molecule has 15 heavy (non-hydrogen) atoms. The zero-order chi connectivity index (χ0) is 11.6. The monoisotopic (exact) mass is 281 g/mol. The molecule has 0 heterocycles. The minimum atomic E-state index is -1.26. The average Bonchev–Trinajstić information content (AvgIpc) is 2.13. The zero-order valence-electron chi connectivity index (χ0n) is 7.44. The predicted molar refractivity (Wildman–Crippen MR) is 51.9 cm³/mol. The van der Waals surface area contributed by atoms with Crippen LogP contribution in [0.25, 0.3) is 0 Å². The van der Waals surface area contributed by atoms with Gasteiger partial charge in [-0.3, -0.25) is 4.79 Å². The van der Waals surface area contributed by atoms with Crippen LogP contribution in [0.15, 0.2) is 12.1 Å². The van der Waals surface area contributed by atoms with E-state index in [1.165, 1.54) is 0 Å². The molecule has 0 aliphatic heterocycles. The van der Waals surface area contributed by atoms with E-state index in [2.05, 4.69) is 15.9 Å². The Morgan fingerprint density at radius 3 is 2.33 bits per heavy atom. The fourth-order valence-corrected chi connectivity index (χ4v) is 1.36. The molecule has 82 valence electrons. The topological polar surface area (TPSA) is 43.1 Å². The Kier molecular flexibility index (Phi) is 3.73. The number of hydrogen-bond donors (Lipinski definition) is 1. The summed E-state index contributed by atoms with van der Waals surface area (Å²) in [7, 11) is 0. The number of rotatable bonds is 3. The van der Waals surface area contributed by atoms with Gasteiger partial charge in [-0.05, 0) is 18.1 Å². The van der Waals surface area contributed by atoms with Gasteiger partial charge in [0.15, 0.2) is 11.6 Å². The first-order chi connectivity index (χ1) is 6.91. The molecule has 0 saturated carbocycles. The summed E-state index contributed by atoms with van der Waals surface area (Å²) in [6.07, 6.45) is -0.127. The fraction of sp³-hybridized carbons (Fsp3) is 0.222. The van der Waals surface area contributed by atoms with Gasteiger partial charge < -0.3 is 5.73 Å². The Morgan fingerprint density at radius 1 is 1.27 bits per heavy atom. The number of benzene rings is 1. The first kappa shape index (κ1) is 12.0. The summed E-state index contributed by atoms with van der Waals surface area (Å²) < 4.78 is 38.3. The molecule has 1 aromatic carbocycles. The van der Waals surface area contributed by atoms with E-state index < -0.39 is 28.2 Å². The molecule has 1 amide bonds. The van der Waals surface area contributed by atoms with E-state index in [1.807, 2.05) is 0 Å². The maximum atomic E-state index is 13.1. The number of primary amides is 1. The summed E-state index contributed by atoms with van der Waals surface area (Å²) >= 11 is 2.90. The number of amides is 1. The average molecular weight is 282 g/mol. The van der Waals surface area contributed by atoms with E-state index in [1.54, 1.807) is 0 Å². The van der Waals surface area contributed by atoms with Gasteiger partial charge in [-0.25, -0.2) is 13.2 Å². The van der Waals surface area contributed by atoms with Gasteiger partial charge in [0.05, 0.1) is 4.83 Å². The van der Waals surface area contributed by atoms with Crippen LogP contribution >= 0.6 is 15.9 Å². The molecule has 2 N–H and O–H groups in total. The molecule has 0 radical (unpaired) electrons. The molecule has 0 aliphatic carbocycles. The first-order valence-corrected chi connectivity index (χ1v) is 4.90. The molecule has 1 rings (SSSR count). The van der Waals surface area contributed by atoms with Crippen LogP contribution < -0.4 is 5.73 Å². The Hall–Kier alpha value is -1.04. The largest absolute Gasteiger partial charge is 0.369 e. The minimum Gasteiger partial charge on any atom is -0.369 e. The van der Waals surface area contributed by atoms with E-state index in [4.69, 9.17) is 5.73 Å². The number of halogens is 4. The number of carbonyl (C=O) groups is 1. The molecule has 0 aromatic heterocycles. The van der Waals surface area contributed by atoms with Crippen LogP contribution in [0.2, 0.25) is 0 Å². The van der Waals surface area contributed by atoms with Gasteiger partial charge in [-0.1, -0.05) is 15.9 Å². The van der Waals surface area contributed by atoms with Crippen LogP contribution in [0, 0.1) is 17.5 Å². The van der Waals surface area contributed by atoms with Crippen LogP contribution in [0.5, 0.6) is 0 Å². The van der Waals surface area contributed by atoms with Gasteiger partial charge in [0.2, 0.25) is 5.91 Å². The third-order valence-corrected chi connectivity index (χ3v) is 2.57. The summed E-state index contributed by atoms with van der Waals surface area (Å²) in [6.45, 7) is 0. The van der Waals surface area contributed by atoms with Crippen molar-refractivity contribution in [2.45, 2.75) is 11.2 Å². The second-order valence-electron chi connectivity index (χ2n) is 2.93. The highest BCUT2D eigenvalue weighted by Gasteiger charge is 2.16. The smallest absolute Gasteiger partial charge is 0.231 e. The van der Waals surface area contributed by atoms with Gasteiger partial charge >= 0.3 is 0 Å². The summed E-state index contributed by atoms with van der Waals surface area (Å²) in [5.41, 5.74) is 4.82. The van der Waals surface area contributed by atoms with Crippen LogP contribution in [0.4, 0.5) is 13.2 Å². The lowest BCUT2D eigenvalue weighted by Crippen LogP contribution is -2.25. The summed E-state index contributed by atoms with van der Waals surface area (Å²) in [6, 6.07) is 1.15. The van der Waals surface area contributed by atoms with Crippen molar-refractivity contribution in [1.82, 2.24) is 0 Å². The molecule has 1 atom stereocenters. The van der Waals surface area contributed by atoms with Crippen LogP contribution in [-0.2, 0) is 11.2 Å². The lowest BCUT2D eigenvalue weighted by Gasteiger charge is -2.07. The maximum Gasteiger partial charge on any atom is 0.231 e. The molecule has 0 aliphatic rings. The lowest BCUT2D eigenvalue weighted by atomic mass is 10.1. The Bertz CT molecular complexity index is 397. The Labute approximate surface area is 92.4 Å². The SMILES string of the molecule is NC(=O)C(Br)Cc1cc(F)c(F)cc1F. The quantitative estimate of drug-likeness (QED) is 0.667. The fourth-order valence-electron chi connectivity index (χ4n) is 1.01. The van der Waals surface area contributed by atoms with Crippen molar-refractivity contribution in [3.63, 3.8) is 0 Å². The minimum absolute atomic E-state index is 0.102. The molecule has 2 nitrogen and oxygen atoms in total. The van der Waals surface area contributed by atoms with Gasteiger partial charge in [0.1, 0.15) is 5.82 Å². The summed E-state index contributed by atoms with van der Waals surface area (Å²) in [5, 5.41) is 0. The van der Waals surface area contributed by atoms with Crippen LogP contribution in [-0.4, -0.2) is 10.7 Å². The highest BCUT2D eigenvalue weighted by molar-refractivity contribution is 9.10. The Balaban J connectivity index is 2.95. The highest BCUT2D eigenvalue weighted by Crippen LogP contribution is 2.17. The standard InChI is InChI=1S/C9H7BrF3NO/c10-5(9(14)15)1-4-2-7(12)8(13)3-6(4)11/h2-3,5H,1H2,(H2,14,15). The Morgan fingerprint density at radius 2 is 1.80 bits per heavy atom. The summed E-state index contributed by atoms with van der Waals surface area (Å²) in [5.74, 6) is -4.02. The maximum absolute atomic E-state index is 13.1. The van der Waals surface area contributed by atoms with Crippen molar-refractivity contribution in [3.05, 3.63) is 35.1 Å². The first-order valence-electron chi connectivity index (χ1n) is 3.98. The van der Waals surface area contributed by atoms with Crippen LogP contribution in [0.1, 0.15) is 5.56 Å². The second-order valence-corrected chi connectivity index (χ2v) is 4.04. The third kappa shape index (κ3) is 2.95. The van der Waals surface area contributed by atoms with Crippen molar-refractivity contribution in [1.29, 1.82) is 0 Å². The molecular weight excluding hydrogens is 275 g/mol. The molecule has 0 spiro atoms. The molecule has 1 aromatic rings. The zero-order valence-corrected chi connectivity index (χ0v) is 9.02. The van der Waals surface area contributed by atoms with E-state index in [9.17, 15) is 18.0 Å². The van der Waals surface area contributed by atoms with Crippen molar-refractivity contribution >= 4 is 21.8 Å². The van der Waals surface area contributed by atoms with Crippen LogP contribution in [0.3, 0.4) is 0 Å². The molecule has 6 heteroatoms. The predicted octanol–water partition coefficient (Wildman–Crippen LogP) is 1.90. The van der Waals surface area contributed by atoms with Crippen molar-refractivity contribution in [2.75, 3.05) is 0 Å².